The van der Waals surface area contributed by atoms with Crippen molar-refractivity contribution < 1.29 is 26.3 Å². The van der Waals surface area contributed by atoms with Gasteiger partial charge in [-0.25, -0.2) is 12.8 Å². The van der Waals surface area contributed by atoms with Crippen molar-refractivity contribution in [3.05, 3.63) is 24.0 Å². The van der Waals surface area contributed by atoms with Crippen molar-refractivity contribution in [2.75, 3.05) is 20.1 Å². The Morgan fingerprint density at radius 3 is 2.59 bits per heavy atom. The van der Waals surface area contributed by atoms with Crippen LogP contribution in [0.3, 0.4) is 0 Å². The lowest BCUT2D eigenvalue weighted by atomic mass is 10.3. The minimum atomic E-state index is -3.88. The Morgan fingerprint density at radius 2 is 2.09 bits per heavy atom. The number of benzene rings is 1. The fourth-order valence-corrected chi connectivity index (χ4v) is 3.54. The second kappa shape index (κ2) is 7.49. The molecule has 1 atom stereocenters. The van der Waals surface area contributed by atoms with Crippen LogP contribution in [-0.2, 0) is 10.0 Å². The van der Waals surface area contributed by atoms with Crippen LogP contribution in [-0.4, -0.2) is 45.5 Å². The van der Waals surface area contributed by atoms with Gasteiger partial charge >= 0.3 is 6.61 Å². The van der Waals surface area contributed by atoms with Crippen LogP contribution >= 0.6 is 12.4 Å². The summed E-state index contributed by atoms with van der Waals surface area (Å²) in [5.41, 5.74) is 0. The van der Waals surface area contributed by atoms with E-state index in [2.05, 4.69) is 10.1 Å². The van der Waals surface area contributed by atoms with Crippen LogP contribution in [0.5, 0.6) is 5.75 Å². The topological polar surface area (TPSA) is 58.6 Å². The third kappa shape index (κ3) is 4.03. The Kier molecular flexibility index (Phi) is 6.48. The second-order valence-electron chi connectivity index (χ2n) is 4.64. The molecule has 0 amide bonds. The largest absolute Gasteiger partial charge is 0.432 e. The predicted octanol–water partition coefficient (Wildman–Crippen LogP) is 1.83. The highest BCUT2D eigenvalue weighted by atomic mass is 35.5. The van der Waals surface area contributed by atoms with Crippen molar-refractivity contribution >= 4 is 22.4 Å². The minimum absolute atomic E-state index is 0. The number of nitrogens with one attached hydrogen (secondary N) is 1. The summed E-state index contributed by atoms with van der Waals surface area (Å²) in [5.74, 6) is -1.83. The number of hydrogen-bond donors (Lipinski definition) is 1. The molecule has 1 aromatic carbocycles. The van der Waals surface area contributed by atoms with Crippen LogP contribution in [0.2, 0.25) is 0 Å². The third-order valence-corrected chi connectivity index (χ3v) is 5.25. The standard InChI is InChI=1S/C12H15F3N2O3S.ClH/c1-17(8-4-5-16-7-8)21(18,19)9-2-3-11(10(13)6-9)20-12(14)15;/h2-3,6,8,12,16H,4-5,7H2,1H3;1H. The Morgan fingerprint density at radius 1 is 1.41 bits per heavy atom. The first-order chi connectivity index (χ1) is 9.82. The molecule has 0 aliphatic carbocycles. The first-order valence-corrected chi connectivity index (χ1v) is 7.69. The molecule has 0 radical (unpaired) electrons. The van der Waals surface area contributed by atoms with E-state index >= 15 is 0 Å². The zero-order valence-electron chi connectivity index (χ0n) is 11.6. The molecule has 1 saturated heterocycles. The van der Waals surface area contributed by atoms with Crippen LogP contribution in [0, 0.1) is 5.82 Å². The van der Waals surface area contributed by atoms with Gasteiger partial charge in [-0.1, -0.05) is 0 Å². The first-order valence-electron chi connectivity index (χ1n) is 6.25. The van der Waals surface area contributed by atoms with E-state index in [1.54, 1.807) is 0 Å². The van der Waals surface area contributed by atoms with E-state index in [1.807, 2.05) is 0 Å². The molecule has 5 nitrogen and oxygen atoms in total. The molecule has 1 heterocycles. The van der Waals surface area contributed by atoms with Crippen molar-refractivity contribution in [3.8, 4) is 5.75 Å². The van der Waals surface area contributed by atoms with Crippen LogP contribution in [0.25, 0.3) is 0 Å². The number of likely N-dealkylation sites (N-methyl/N-ethyl adjacent to an activating group) is 1. The van der Waals surface area contributed by atoms with Crippen LogP contribution in [0.1, 0.15) is 6.42 Å². The normalized spacial score (nSPS) is 18.5. The molecule has 22 heavy (non-hydrogen) atoms. The average molecular weight is 361 g/mol. The van der Waals surface area contributed by atoms with Crippen molar-refractivity contribution in [1.29, 1.82) is 0 Å². The van der Waals surface area contributed by atoms with Crippen LogP contribution in [0.4, 0.5) is 13.2 Å². The highest BCUT2D eigenvalue weighted by Gasteiger charge is 2.30. The Balaban J connectivity index is 0.00000242. The van der Waals surface area contributed by atoms with Gasteiger partial charge in [-0.05, 0) is 31.2 Å². The number of rotatable bonds is 5. The monoisotopic (exact) mass is 360 g/mol. The number of alkyl halides is 2. The molecule has 1 fully saturated rings. The Hall–Kier alpha value is -1.03. The summed E-state index contributed by atoms with van der Waals surface area (Å²) in [6, 6.07) is 2.41. The molecule has 126 valence electrons. The lowest BCUT2D eigenvalue weighted by Gasteiger charge is -2.23. The maximum Gasteiger partial charge on any atom is 0.387 e. The maximum atomic E-state index is 13.6. The van der Waals surface area contributed by atoms with Gasteiger partial charge in [0.05, 0.1) is 4.90 Å². The van der Waals surface area contributed by atoms with E-state index in [1.165, 1.54) is 7.05 Å². The Bertz CT molecular complexity index is 610. The van der Waals surface area contributed by atoms with Crippen LogP contribution < -0.4 is 10.1 Å². The van der Waals surface area contributed by atoms with E-state index < -0.39 is 28.2 Å². The molecule has 1 N–H and O–H groups in total. The third-order valence-electron chi connectivity index (χ3n) is 3.34. The van der Waals surface area contributed by atoms with Crippen molar-refractivity contribution in [2.45, 2.75) is 24.0 Å². The molecular weight excluding hydrogens is 345 g/mol. The summed E-state index contributed by atoms with van der Waals surface area (Å²) >= 11 is 0. The van der Waals surface area contributed by atoms with Gasteiger partial charge in [-0.15, -0.1) is 12.4 Å². The maximum absolute atomic E-state index is 13.6. The molecule has 1 aliphatic rings. The van der Waals surface area contributed by atoms with Gasteiger partial charge in [-0.2, -0.15) is 13.1 Å². The van der Waals surface area contributed by atoms with Gasteiger partial charge in [-0.3, -0.25) is 0 Å². The lowest BCUT2D eigenvalue weighted by Crippen LogP contribution is -2.38. The SMILES string of the molecule is CN(C1CCNC1)S(=O)(=O)c1ccc(OC(F)F)c(F)c1.Cl. The quantitative estimate of drug-likeness (QED) is 0.870. The predicted molar refractivity (Wildman–Crippen MR) is 76.5 cm³/mol. The van der Waals surface area contributed by atoms with E-state index in [0.29, 0.717) is 25.6 Å². The van der Waals surface area contributed by atoms with Crippen molar-refractivity contribution in [3.63, 3.8) is 0 Å². The van der Waals surface area contributed by atoms with E-state index in [-0.39, 0.29) is 23.3 Å². The Labute approximate surface area is 132 Å². The van der Waals surface area contributed by atoms with Gasteiger partial charge in [0.1, 0.15) is 0 Å². The van der Waals surface area contributed by atoms with Gasteiger partial charge in [0, 0.05) is 19.6 Å². The second-order valence-corrected chi connectivity index (χ2v) is 6.64. The molecule has 0 spiro atoms. The number of halogens is 4. The molecule has 0 saturated carbocycles. The van der Waals surface area contributed by atoms with E-state index in [0.717, 1.165) is 16.4 Å². The molecule has 0 aromatic heterocycles. The lowest BCUT2D eigenvalue weighted by molar-refractivity contribution is -0.0522. The first kappa shape index (κ1) is 19.0. The summed E-state index contributed by atoms with van der Waals surface area (Å²) in [5, 5.41) is 3.04. The van der Waals surface area contributed by atoms with Gasteiger partial charge in [0.2, 0.25) is 10.0 Å². The molecule has 10 heteroatoms. The molecule has 0 bridgehead atoms. The summed E-state index contributed by atoms with van der Waals surface area (Å²) < 4.78 is 67.5. The molecule has 2 rings (SSSR count). The summed E-state index contributed by atoms with van der Waals surface area (Å²) in [6.45, 7) is -1.95. The number of ether oxygens (including phenoxy) is 1. The summed E-state index contributed by atoms with van der Waals surface area (Å²) in [4.78, 5) is -0.295. The number of hydrogen-bond acceptors (Lipinski definition) is 4. The number of nitrogens with zero attached hydrogens (tertiary/aromatic N) is 1. The highest BCUT2D eigenvalue weighted by Crippen LogP contribution is 2.25. The zero-order chi connectivity index (χ0) is 15.6. The zero-order valence-corrected chi connectivity index (χ0v) is 13.3. The average Bonchev–Trinajstić information content (AvgIpc) is 2.93. The van der Waals surface area contributed by atoms with E-state index in [9.17, 15) is 21.6 Å². The fraction of sp³-hybridized carbons (Fsp3) is 0.500. The molecular formula is C12H16ClF3N2O3S. The minimum Gasteiger partial charge on any atom is -0.432 e. The van der Waals surface area contributed by atoms with Gasteiger partial charge in [0.25, 0.3) is 0 Å². The number of sulfonamides is 1. The van der Waals surface area contributed by atoms with Crippen LogP contribution in [0.15, 0.2) is 23.1 Å². The van der Waals surface area contributed by atoms with Gasteiger partial charge in [0.15, 0.2) is 11.6 Å². The highest BCUT2D eigenvalue weighted by molar-refractivity contribution is 7.89. The smallest absolute Gasteiger partial charge is 0.387 e. The molecule has 1 aromatic rings. The van der Waals surface area contributed by atoms with Gasteiger partial charge < -0.3 is 10.1 Å². The van der Waals surface area contributed by atoms with Crippen molar-refractivity contribution in [2.24, 2.45) is 0 Å². The summed E-state index contributed by atoms with van der Waals surface area (Å²) in [7, 11) is -2.47. The fourth-order valence-electron chi connectivity index (χ4n) is 2.15. The molecule has 1 aliphatic heterocycles. The van der Waals surface area contributed by atoms with Crippen molar-refractivity contribution in [1.82, 2.24) is 9.62 Å². The molecule has 1 unspecified atom stereocenters. The summed E-state index contributed by atoms with van der Waals surface area (Å²) in [6.07, 6.45) is 0.658. The van der Waals surface area contributed by atoms with E-state index in [4.69, 9.17) is 0 Å².